The molecular formula is C73H71Cl7FN23O5. The van der Waals surface area contributed by atoms with Gasteiger partial charge in [-0.25, -0.2) is 58.0 Å². The minimum atomic E-state index is -0.544. The number of anilines is 4. The Hall–Kier alpha value is -9.30. The van der Waals surface area contributed by atoms with Crippen molar-refractivity contribution in [1.29, 1.82) is 0 Å². The first-order valence-corrected chi connectivity index (χ1v) is 37.7. The number of nitrogens with zero attached hydrogens (tertiary/aromatic N) is 21. The monoisotopic (exact) mass is 1610 g/mol. The van der Waals surface area contributed by atoms with E-state index in [2.05, 4.69) is 110 Å². The molecule has 21 rings (SSSR count). The average molecular weight is 1620 g/mol. The third-order valence-corrected chi connectivity index (χ3v) is 23.3. The number of hydrogen-bond donors (Lipinski definition) is 3. The number of fused-ring (bicyclic) bond motifs is 7. The van der Waals surface area contributed by atoms with E-state index in [0.717, 1.165) is 133 Å². The van der Waals surface area contributed by atoms with E-state index >= 15 is 0 Å². The zero-order chi connectivity index (χ0) is 75.0. The van der Waals surface area contributed by atoms with Gasteiger partial charge in [-0.1, -0.05) is 82.2 Å². The fourth-order valence-electron chi connectivity index (χ4n) is 16.0. The van der Waals surface area contributed by atoms with Gasteiger partial charge < -0.3 is 53.8 Å². The van der Waals surface area contributed by atoms with E-state index < -0.39 is 5.95 Å². The van der Waals surface area contributed by atoms with Crippen LogP contribution in [0.15, 0.2) is 138 Å². The molecule has 0 aromatic carbocycles. The number of aromatic nitrogens is 13. The van der Waals surface area contributed by atoms with Crippen LogP contribution in [0.25, 0.3) is 9.69 Å². The van der Waals surface area contributed by atoms with Crippen molar-refractivity contribution in [3.63, 3.8) is 0 Å². The molecule has 0 bridgehead atoms. The molecule has 28 nitrogen and oxygen atoms in total. The van der Waals surface area contributed by atoms with Crippen LogP contribution in [0.3, 0.4) is 0 Å². The Morgan fingerprint density at radius 3 is 1.39 bits per heavy atom. The Bertz CT molecular complexity index is 5020. The number of piperidine rings is 5. The molecule has 564 valence electrons. The van der Waals surface area contributed by atoms with Crippen molar-refractivity contribution in [2.75, 3.05) is 85.0 Å². The molecule has 5 aliphatic carbocycles. The zero-order valence-electron chi connectivity index (χ0n) is 58.4. The molecule has 3 N–H and O–H groups in total. The number of nitrogens with one attached hydrogen (secondary N) is 2. The summed E-state index contributed by atoms with van der Waals surface area (Å²) in [5.41, 5.74) is 1.09. The van der Waals surface area contributed by atoms with Crippen LogP contribution in [0, 0.1) is 84.2 Å². The molecule has 0 radical (unpaired) electrons. The number of halogens is 8. The van der Waals surface area contributed by atoms with Gasteiger partial charge in [-0.3, -0.25) is 14.2 Å². The molecule has 36 heteroatoms. The summed E-state index contributed by atoms with van der Waals surface area (Å²) in [6.07, 6.45) is 16.2. The Morgan fingerprint density at radius 1 is 0.569 bits per heavy atom. The largest absolute Gasteiger partial charge is 0.411 e. The van der Waals surface area contributed by atoms with Crippen LogP contribution in [-0.4, -0.2) is 166 Å². The molecule has 7 unspecified atom stereocenters. The number of H-pyrrole nitrogens is 1. The zero-order valence-corrected chi connectivity index (χ0v) is 63.7. The molecule has 10 fully saturated rings. The molecule has 7 aliphatic heterocycles. The molecule has 0 spiro atoms. The molecule has 0 amide bonds. The van der Waals surface area contributed by atoms with Crippen LogP contribution >= 0.6 is 82.0 Å². The lowest BCUT2D eigenvalue weighted by atomic mass is 10.1. The van der Waals surface area contributed by atoms with E-state index in [9.17, 15) is 14.0 Å². The number of alkyl halides is 1. The lowest BCUT2D eigenvalue weighted by Gasteiger charge is -2.20. The van der Waals surface area contributed by atoms with E-state index in [1.807, 2.05) is 38.1 Å². The number of aliphatic imine (C=N–C) groups is 2. The van der Waals surface area contributed by atoms with Crippen LogP contribution in [0.2, 0.25) is 25.1 Å². The van der Waals surface area contributed by atoms with E-state index in [1.54, 1.807) is 67.7 Å². The summed E-state index contributed by atoms with van der Waals surface area (Å²) in [4.78, 5) is 88.3. The molecule has 5 saturated heterocycles. The van der Waals surface area contributed by atoms with Gasteiger partial charge >= 0.3 is 0 Å². The van der Waals surface area contributed by atoms with Crippen molar-refractivity contribution in [1.82, 2.24) is 70.0 Å². The van der Waals surface area contributed by atoms with E-state index in [1.165, 1.54) is 29.5 Å². The summed E-state index contributed by atoms with van der Waals surface area (Å²) in [5.74, 6) is 14.2. The average Bonchev–Trinajstić information content (AvgIpc) is 1.57. The first-order valence-electron chi connectivity index (χ1n) is 35.2. The molecule has 9 aromatic rings. The fraction of sp³-hybridized carbons (Fsp3) is 0.425. The summed E-state index contributed by atoms with van der Waals surface area (Å²) in [6, 6.07) is 18.1. The Balaban J connectivity index is 0.000000111. The highest BCUT2D eigenvalue weighted by molar-refractivity contribution is 6.32. The SMILES string of the molecule is CC1C=Nc2nc[nH]c(=O)c21.CC1C=Nc2ncn(Cc3nc(C4[C@H]5CN(c6cc(Cl)ccn6)C[C@@H]45)no3)c(=O)c21.Cl.ClCc1nc(C2[C@H]3CN(c4cc(Cl)ccn4)C[C@@H]23)no1.Fc1cc(Cl)ccn1.O/N=C/C1[C@H]2CN(c3cc(Cl)ccn3)C[C@@H]12.[C-]#[N+]C1[C@H]2CN(c3cc(Cl)ccn3)C[C@@H]12.[C-]#[N+]C1[C@H]2CNC[C@@H]12. The van der Waals surface area contributed by atoms with Gasteiger partial charge in [0.1, 0.15) is 42.0 Å². The van der Waals surface area contributed by atoms with Crippen molar-refractivity contribution in [2.24, 2.45) is 80.2 Å². The third kappa shape index (κ3) is 17.0. The lowest BCUT2D eigenvalue weighted by Crippen LogP contribution is -2.25. The van der Waals surface area contributed by atoms with Gasteiger partial charge in [0, 0.05) is 176 Å². The highest BCUT2D eigenvalue weighted by atomic mass is 35.5. The smallest absolute Gasteiger partial charge is 0.259 e. The molecule has 109 heavy (non-hydrogen) atoms. The highest BCUT2D eigenvalue weighted by Crippen LogP contribution is 2.59. The topological polar surface area (TPSA) is 314 Å². The predicted octanol–water partition coefficient (Wildman–Crippen LogP) is 12.1. The number of pyridine rings is 5. The number of rotatable bonds is 10. The van der Waals surface area contributed by atoms with Crippen LogP contribution in [0.4, 0.5) is 39.3 Å². The van der Waals surface area contributed by atoms with Gasteiger partial charge in [0.15, 0.2) is 23.3 Å². The summed E-state index contributed by atoms with van der Waals surface area (Å²) >= 11 is 35.0. The second kappa shape index (κ2) is 33.1. The van der Waals surface area contributed by atoms with Gasteiger partial charge in [0.2, 0.25) is 29.8 Å². The maximum atomic E-state index is 12.7. The molecule has 9 aromatic heterocycles. The van der Waals surface area contributed by atoms with Crippen molar-refractivity contribution in [3.05, 3.63) is 213 Å². The number of hydrogen-bond acceptors (Lipinski definition) is 24. The van der Waals surface area contributed by atoms with Crippen molar-refractivity contribution in [2.45, 2.75) is 62.0 Å². The molecule has 16 heterocycles. The molecule has 5 saturated carbocycles. The van der Waals surface area contributed by atoms with Crippen LogP contribution < -0.4 is 36.0 Å². The summed E-state index contributed by atoms with van der Waals surface area (Å²) in [5, 5.41) is 26.3. The summed E-state index contributed by atoms with van der Waals surface area (Å²) < 4.78 is 24.0. The second-order valence-corrected chi connectivity index (χ2v) is 30.9. The summed E-state index contributed by atoms with van der Waals surface area (Å²) in [7, 11) is 0. The van der Waals surface area contributed by atoms with Gasteiger partial charge in [0.25, 0.3) is 11.1 Å². The van der Waals surface area contributed by atoms with E-state index in [-0.39, 0.29) is 53.8 Å². The van der Waals surface area contributed by atoms with Crippen LogP contribution in [0.1, 0.15) is 72.1 Å². The van der Waals surface area contributed by atoms with Crippen molar-refractivity contribution in [3.8, 4) is 0 Å². The Kier molecular flexibility index (Phi) is 23.2. The van der Waals surface area contributed by atoms with Crippen LogP contribution in [0.5, 0.6) is 0 Å². The quantitative estimate of drug-likeness (QED) is 0.0286. The minimum absolute atomic E-state index is 0. The lowest BCUT2D eigenvalue weighted by molar-refractivity contribution is 0.319. The Morgan fingerprint density at radius 2 is 0.982 bits per heavy atom. The van der Waals surface area contributed by atoms with E-state index in [4.69, 9.17) is 97.0 Å². The predicted molar refractivity (Wildman–Crippen MR) is 414 cm³/mol. The standard InChI is InChI=1S/C20H18ClN7O2.C13H12Cl2N4O.C11H12ClN3O.C11H10ClN3.C7H7N3O.C6H8N2.C5H3ClFN.ClH/c1-10-5-23-18-16(10)20(29)28(9-24-18)8-15-25-19(26-30-15)17-12-6-27(7-13(12)17)14-4-11(21)2-3-22-14;14-4-11-17-13(18-20-11)12-8-5-19(6-9(8)12)10-3-7(15)1-2-16-10;12-7-1-2-13-11(3-7)15-5-9-8(4-14-16)10(9)6-15;1-13-11-8-5-15(6-9(8)11)10-4-7(12)2-3-14-10;1-4-2-8-6-5(4)7(11)10-3-9-6;1-7-6-4-2-8-3-5(4)6;6-4-1-2-8-5(7)3-4;/h2-5,9-10,12-13,17H,6-8H2,1H3;1-3,8-9,12H,4-6H2;1-4,8-10,16H,5-6H2;2-4,8-9,11H,5-6H2;2-4H,1H3,(H,9,10,11);4-6,8H,2-3H2;1-3H;1H/b;;14-4+;;;;;/t10?,12-,13+,17?;8-,9+,12?;8?,9-,10+;8-,9+,11?;;4-,5+,6?;;. The van der Waals surface area contributed by atoms with Crippen LogP contribution in [-0.2, 0) is 12.4 Å². The fourth-order valence-corrected chi connectivity index (χ4v) is 16.8. The van der Waals surface area contributed by atoms with Crippen molar-refractivity contribution < 1.29 is 18.6 Å². The molecule has 12 aliphatic rings. The van der Waals surface area contributed by atoms with Crippen molar-refractivity contribution >= 4 is 136 Å². The molecule has 17 atom stereocenters. The normalized spacial score (nSPS) is 27.8. The Labute approximate surface area is 660 Å². The molecular weight excluding hydrogens is 1550 g/mol. The second-order valence-electron chi connectivity index (χ2n) is 28.4. The number of aromatic amines is 1. The van der Waals surface area contributed by atoms with Gasteiger partial charge in [-0.15, -0.1) is 29.2 Å². The number of oxime groups is 1. The first-order chi connectivity index (χ1) is 52.4. The highest BCUT2D eigenvalue weighted by Gasteiger charge is 2.63. The maximum absolute atomic E-state index is 12.7. The third-order valence-electron chi connectivity index (χ3n) is 21.9. The van der Waals surface area contributed by atoms with E-state index in [0.29, 0.717) is 116 Å². The maximum Gasteiger partial charge on any atom is 0.259 e. The van der Waals surface area contributed by atoms with Gasteiger partial charge in [-0.05, 0) is 90.1 Å². The first kappa shape index (κ1) is 76.5. The minimum Gasteiger partial charge on any atom is -0.411 e. The van der Waals surface area contributed by atoms with Gasteiger partial charge in [0.05, 0.1) is 41.1 Å². The summed E-state index contributed by atoms with van der Waals surface area (Å²) in [6.45, 7) is 27.6. The van der Waals surface area contributed by atoms with Gasteiger partial charge in [-0.2, -0.15) is 14.4 Å².